The van der Waals surface area contributed by atoms with Gasteiger partial charge in [-0.25, -0.2) is 0 Å². The molecule has 1 unspecified atom stereocenters. The number of carboxylic acids is 1. The Bertz CT molecular complexity index is 1070. The largest absolute Gasteiger partial charge is 0.481 e. The summed E-state index contributed by atoms with van der Waals surface area (Å²) in [4.78, 5) is 28.6. The number of amides is 1. The molecular weight excluding hydrogens is 352 g/mol. The number of carboxylic acid groups (broad SMARTS) is 1. The lowest BCUT2D eigenvalue weighted by Crippen LogP contribution is -2.21. The average molecular weight is 370 g/mol. The third kappa shape index (κ3) is 3.55. The zero-order valence-corrected chi connectivity index (χ0v) is 15.0. The molecule has 1 aliphatic rings. The first-order valence-corrected chi connectivity index (χ1v) is 8.96. The maximum atomic E-state index is 12.8. The molecular formula is C23H18N2O3. The molecule has 4 rings (SSSR count). The van der Waals surface area contributed by atoms with E-state index in [1.807, 2.05) is 60.7 Å². The van der Waals surface area contributed by atoms with Gasteiger partial charge in [-0.2, -0.15) is 0 Å². The summed E-state index contributed by atoms with van der Waals surface area (Å²) in [6.07, 6.45) is -0.0726. The van der Waals surface area contributed by atoms with Crippen molar-refractivity contribution in [2.45, 2.75) is 12.3 Å². The van der Waals surface area contributed by atoms with Gasteiger partial charge in [0.05, 0.1) is 17.8 Å². The molecule has 0 bridgehead atoms. The van der Waals surface area contributed by atoms with Gasteiger partial charge in [0.1, 0.15) is 5.92 Å². The Morgan fingerprint density at radius 3 is 2.50 bits per heavy atom. The van der Waals surface area contributed by atoms with E-state index >= 15 is 0 Å². The van der Waals surface area contributed by atoms with Crippen LogP contribution in [0.1, 0.15) is 22.6 Å². The lowest BCUT2D eigenvalue weighted by atomic mass is 9.90. The number of fused-ring (bicyclic) bond motifs is 1. The molecule has 1 amide bonds. The molecule has 1 aliphatic heterocycles. The molecule has 3 aromatic carbocycles. The fourth-order valence-electron chi connectivity index (χ4n) is 3.43. The third-order valence-electron chi connectivity index (χ3n) is 4.65. The molecule has 5 heteroatoms. The van der Waals surface area contributed by atoms with Crippen molar-refractivity contribution >= 4 is 29.0 Å². The Kier molecular flexibility index (Phi) is 4.72. The summed E-state index contributed by atoms with van der Waals surface area (Å²) in [6, 6.07) is 24.3. The second-order valence-electron chi connectivity index (χ2n) is 6.61. The highest BCUT2D eigenvalue weighted by Gasteiger charge is 2.35. The number of aliphatic imine (C=N–C) groups is 1. The molecule has 0 aliphatic carbocycles. The van der Waals surface area contributed by atoms with Crippen LogP contribution < -0.4 is 5.32 Å². The number of nitrogens with zero attached hydrogens (tertiary/aromatic N) is 1. The minimum Gasteiger partial charge on any atom is -0.481 e. The predicted molar refractivity (Wildman–Crippen MR) is 108 cm³/mol. The number of para-hydroxylation sites is 1. The number of rotatable bonds is 5. The minimum atomic E-state index is -0.895. The molecule has 3 aromatic rings. The van der Waals surface area contributed by atoms with E-state index in [-0.39, 0.29) is 12.3 Å². The van der Waals surface area contributed by atoms with Crippen LogP contribution in [0.15, 0.2) is 83.9 Å². The van der Waals surface area contributed by atoms with Gasteiger partial charge in [-0.15, -0.1) is 0 Å². The van der Waals surface area contributed by atoms with Crippen molar-refractivity contribution in [3.05, 3.63) is 95.6 Å². The predicted octanol–water partition coefficient (Wildman–Crippen LogP) is 4.17. The molecule has 2 N–H and O–H groups in total. The van der Waals surface area contributed by atoms with Gasteiger partial charge in [0.25, 0.3) is 0 Å². The fourth-order valence-corrected chi connectivity index (χ4v) is 3.43. The van der Waals surface area contributed by atoms with Gasteiger partial charge in [0.15, 0.2) is 0 Å². The van der Waals surface area contributed by atoms with E-state index in [1.54, 1.807) is 18.2 Å². The van der Waals surface area contributed by atoms with Crippen LogP contribution in [0.3, 0.4) is 0 Å². The van der Waals surface area contributed by atoms with Crippen molar-refractivity contribution in [1.82, 2.24) is 0 Å². The molecule has 0 radical (unpaired) electrons. The molecule has 0 saturated heterocycles. The molecule has 1 atom stereocenters. The van der Waals surface area contributed by atoms with Crippen LogP contribution in [-0.2, 0) is 16.0 Å². The van der Waals surface area contributed by atoms with Gasteiger partial charge >= 0.3 is 5.97 Å². The van der Waals surface area contributed by atoms with Gasteiger partial charge in [-0.3, -0.25) is 14.6 Å². The van der Waals surface area contributed by atoms with Crippen LogP contribution >= 0.6 is 0 Å². The molecule has 0 aromatic heterocycles. The molecule has 1 heterocycles. The Hall–Kier alpha value is -3.73. The highest BCUT2D eigenvalue weighted by Crippen LogP contribution is 2.36. The van der Waals surface area contributed by atoms with Crippen molar-refractivity contribution in [3.63, 3.8) is 0 Å². The van der Waals surface area contributed by atoms with E-state index in [0.29, 0.717) is 17.0 Å². The summed E-state index contributed by atoms with van der Waals surface area (Å²) in [5.74, 6) is -1.54. The summed E-state index contributed by atoms with van der Waals surface area (Å²) < 4.78 is 0. The first-order valence-electron chi connectivity index (χ1n) is 8.96. The molecule has 0 spiro atoms. The third-order valence-corrected chi connectivity index (χ3v) is 4.65. The quantitative estimate of drug-likeness (QED) is 0.662. The first kappa shape index (κ1) is 17.7. The van der Waals surface area contributed by atoms with E-state index < -0.39 is 11.9 Å². The van der Waals surface area contributed by atoms with Crippen LogP contribution in [0.5, 0.6) is 0 Å². The molecule has 28 heavy (non-hydrogen) atoms. The number of hydrogen-bond donors (Lipinski definition) is 2. The van der Waals surface area contributed by atoms with Crippen molar-refractivity contribution in [1.29, 1.82) is 0 Å². The maximum Gasteiger partial charge on any atom is 0.307 e. The summed E-state index contributed by atoms with van der Waals surface area (Å²) in [6.45, 7) is 0. The number of carbonyl (C=O) groups is 2. The van der Waals surface area contributed by atoms with Crippen molar-refractivity contribution in [2.24, 2.45) is 4.99 Å². The molecule has 0 fully saturated rings. The molecule has 0 saturated carbocycles. The maximum absolute atomic E-state index is 12.8. The Labute approximate surface area is 162 Å². The summed E-state index contributed by atoms with van der Waals surface area (Å²) in [5.41, 5.74) is 4.45. The lowest BCUT2D eigenvalue weighted by Gasteiger charge is -2.14. The standard InChI is InChI=1S/C23H18N2O3/c26-20(27)14-15-7-6-10-17(13-15)24-22(16-8-2-1-3-9-16)21-18-11-4-5-12-19(18)25-23(21)28/h1-13,21H,14H2,(H,25,28)(H,26,27). The highest BCUT2D eigenvalue weighted by atomic mass is 16.4. The van der Waals surface area contributed by atoms with Crippen molar-refractivity contribution in [2.75, 3.05) is 5.32 Å². The van der Waals surface area contributed by atoms with Crippen LogP contribution in [-0.4, -0.2) is 22.7 Å². The number of benzene rings is 3. The average Bonchev–Trinajstić information content (AvgIpc) is 3.02. The SMILES string of the molecule is O=C(O)Cc1cccc(N=C(c2ccccc2)C2C(=O)Nc3ccccc32)c1. The molecule has 5 nitrogen and oxygen atoms in total. The number of carbonyl (C=O) groups excluding carboxylic acids is 1. The number of anilines is 1. The van der Waals surface area contributed by atoms with E-state index in [1.165, 1.54) is 0 Å². The minimum absolute atomic E-state index is 0.0726. The summed E-state index contributed by atoms with van der Waals surface area (Å²) >= 11 is 0. The Balaban J connectivity index is 1.83. The first-order chi connectivity index (χ1) is 13.6. The van der Waals surface area contributed by atoms with Crippen molar-refractivity contribution in [3.8, 4) is 0 Å². The van der Waals surface area contributed by atoms with Crippen LogP contribution in [0.25, 0.3) is 0 Å². The van der Waals surface area contributed by atoms with Gasteiger partial charge < -0.3 is 10.4 Å². The van der Waals surface area contributed by atoms with Crippen LogP contribution in [0.4, 0.5) is 11.4 Å². The van der Waals surface area contributed by atoms with E-state index in [9.17, 15) is 9.59 Å². The lowest BCUT2D eigenvalue weighted by molar-refractivity contribution is -0.136. The molecule has 138 valence electrons. The highest BCUT2D eigenvalue weighted by molar-refractivity contribution is 6.24. The normalized spacial score (nSPS) is 15.8. The number of aliphatic carboxylic acids is 1. The van der Waals surface area contributed by atoms with E-state index in [0.717, 1.165) is 16.8 Å². The number of nitrogens with one attached hydrogen (secondary N) is 1. The van der Waals surface area contributed by atoms with Gasteiger partial charge in [-0.05, 0) is 34.9 Å². The van der Waals surface area contributed by atoms with Gasteiger partial charge in [-0.1, -0.05) is 60.7 Å². The van der Waals surface area contributed by atoms with E-state index in [2.05, 4.69) is 5.32 Å². The van der Waals surface area contributed by atoms with Gasteiger partial charge in [0.2, 0.25) is 5.91 Å². The zero-order chi connectivity index (χ0) is 19.5. The summed E-state index contributed by atoms with van der Waals surface area (Å²) in [7, 11) is 0. The smallest absolute Gasteiger partial charge is 0.307 e. The monoisotopic (exact) mass is 370 g/mol. The number of hydrogen-bond acceptors (Lipinski definition) is 3. The second-order valence-corrected chi connectivity index (χ2v) is 6.61. The van der Waals surface area contributed by atoms with Crippen LogP contribution in [0, 0.1) is 0 Å². The van der Waals surface area contributed by atoms with Crippen LogP contribution in [0.2, 0.25) is 0 Å². The van der Waals surface area contributed by atoms with Crippen molar-refractivity contribution < 1.29 is 14.7 Å². The zero-order valence-electron chi connectivity index (χ0n) is 15.0. The Morgan fingerprint density at radius 2 is 1.71 bits per heavy atom. The second kappa shape index (κ2) is 7.48. The van der Waals surface area contributed by atoms with Gasteiger partial charge in [0, 0.05) is 5.69 Å². The summed E-state index contributed by atoms with van der Waals surface area (Å²) in [5, 5.41) is 12.0. The Morgan fingerprint density at radius 1 is 0.964 bits per heavy atom. The topological polar surface area (TPSA) is 78.8 Å². The fraction of sp³-hybridized carbons (Fsp3) is 0.0870. The van der Waals surface area contributed by atoms with E-state index in [4.69, 9.17) is 10.1 Å².